The lowest BCUT2D eigenvalue weighted by Gasteiger charge is -2.46. The molecule has 2 heteroatoms. The standard InChI is InChI=1S/C16H22N2/c1-2-4-15-13(3-1)9-14(15)10-17-16-11-18-7-5-12(16)6-8-18/h1-4,12,14,16-17H,5-11H2. The summed E-state index contributed by atoms with van der Waals surface area (Å²) in [5, 5.41) is 3.85. The van der Waals surface area contributed by atoms with Crippen LogP contribution in [0.3, 0.4) is 0 Å². The molecule has 3 saturated heterocycles. The molecule has 5 rings (SSSR count). The van der Waals surface area contributed by atoms with Crippen molar-refractivity contribution >= 4 is 0 Å². The van der Waals surface area contributed by atoms with Crippen molar-refractivity contribution in [3.8, 4) is 0 Å². The van der Waals surface area contributed by atoms with Gasteiger partial charge in [-0.1, -0.05) is 24.3 Å². The molecule has 2 nitrogen and oxygen atoms in total. The second kappa shape index (κ2) is 4.36. The fraction of sp³-hybridized carbons (Fsp3) is 0.625. The highest BCUT2D eigenvalue weighted by atomic mass is 15.2. The van der Waals surface area contributed by atoms with Gasteiger partial charge in [-0.15, -0.1) is 0 Å². The number of fused-ring (bicyclic) bond motifs is 4. The van der Waals surface area contributed by atoms with Crippen LogP contribution in [-0.4, -0.2) is 37.1 Å². The van der Waals surface area contributed by atoms with E-state index in [1.807, 2.05) is 0 Å². The first-order chi connectivity index (χ1) is 8.90. The Hall–Kier alpha value is -0.860. The van der Waals surface area contributed by atoms with Crippen LogP contribution in [0.2, 0.25) is 0 Å². The molecule has 3 fully saturated rings. The Morgan fingerprint density at radius 3 is 2.72 bits per heavy atom. The zero-order chi connectivity index (χ0) is 11.9. The fourth-order valence-electron chi connectivity index (χ4n) is 4.03. The van der Waals surface area contributed by atoms with Crippen LogP contribution in [0.4, 0.5) is 0 Å². The van der Waals surface area contributed by atoms with E-state index in [0.29, 0.717) is 0 Å². The maximum absolute atomic E-state index is 3.85. The molecule has 2 unspecified atom stereocenters. The molecule has 0 aromatic heterocycles. The number of hydrogen-bond acceptors (Lipinski definition) is 2. The highest BCUT2D eigenvalue weighted by molar-refractivity contribution is 5.40. The van der Waals surface area contributed by atoms with Crippen LogP contribution >= 0.6 is 0 Å². The van der Waals surface area contributed by atoms with Gasteiger partial charge in [0, 0.05) is 25.0 Å². The van der Waals surface area contributed by atoms with Gasteiger partial charge >= 0.3 is 0 Å². The van der Waals surface area contributed by atoms with Crippen LogP contribution in [0.5, 0.6) is 0 Å². The Morgan fingerprint density at radius 1 is 1.17 bits per heavy atom. The molecule has 0 saturated carbocycles. The van der Waals surface area contributed by atoms with Crippen molar-refractivity contribution in [2.45, 2.75) is 31.2 Å². The van der Waals surface area contributed by atoms with Crippen LogP contribution < -0.4 is 5.32 Å². The van der Waals surface area contributed by atoms with Gasteiger partial charge in [0.1, 0.15) is 0 Å². The van der Waals surface area contributed by atoms with E-state index in [1.54, 1.807) is 11.1 Å². The molecule has 0 radical (unpaired) electrons. The molecule has 4 aliphatic rings. The first-order valence-corrected chi connectivity index (χ1v) is 7.44. The van der Waals surface area contributed by atoms with Gasteiger partial charge in [-0.25, -0.2) is 0 Å². The van der Waals surface area contributed by atoms with Gasteiger partial charge in [-0.05, 0) is 49.4 Å². The summed E-state index contributed by atoms with van der Waals surface area (Å²) in [5.41, 5.74) is 3.16. The minimum absolute atomic E-state index is 0.764. The lowest BCUT2D eigenvalue weighted by Crippen LogP contribution is -2.56. The number of nitrogens with one attached hydrogen (secondary N) is 1. The second-order valence-corrected chi connectivity index (χ2v) is 6.25. The minimum Gasteiger partial charge on any atom is -0.312 e. The summed E-state index contributed by atoms with van der Waals surface area (Å²) in [6, 6.07) is 9.69. The van der Waals surface area contributed by atoms with Gasteiger partial charge < -0.3 is 10.2 Å². The molecule has 3 aliphatic heterocycles. The first kappa shape index (κ1) is 11.0. The van der Waals surface area contributed by atoms with Crippen LogP contribution in [0, 0.1) is 5.92 Å². The van der Waals surface area contributed by atoms with E-state index in [9.17, 15) is 0 Å². The number of hydrogen-bond donors (Lipinski definition) is 1. The van der Waals surface area contributed by atoms with E-state index in [4.69, 9.17) is 0 Å². The summed E-state index contributed by atoms with van der Waals surface area (Å²) >= 11 is 0. The molecule has 0 spiro atoms. The van der Waals surface area contributed by atoms with Crippen molar-refractivity contribution in [3.05, 3.63) is 35.4 Å². The molecule has 3 heterocycles. The van der Waals surface area contributed by atoms with Gasteiger partial charge in [-0.3, -0.25) is 0 Å². The number of piperidine rings is 3. The zero-order valence-corrected chi connectivity index (χ0v) is 10.9. The average Bonchev–Trinajstić information content (AvgIpc) is 2.41. The number of rotatable bonds is 3. The Balaban J connectivity index is 1.35. The summed E-state index contributed by atoms with van der Waals surface area (Å²) in [4.78, 5) is 2.63. The highest BCUT2D eigenvalue weighted by Crippen LogP contribution is 2.35. The molecule has 2 atom stereocenters. The third kappa shape index (κ3) is 1.79. The third-order valence-electron chi connectivity index (χ3n) is 5.24. The molecule has 1 aromatic carbocycles. The molecule has 2 bridgehead atoms. The third-order valence-corrected chi connectivity index (χ3v) is 5.24. The van der Waals surface area contributed by atoms with Crippen molar-refractivity contribution in [3.63, 3.8) is 0 Å². The first-order valence-electron chi connectivity index (χ1n) is 7.44. The van der Waals surface area contributed by atoms with Crippen LogP contribution in [0.25, 0.3) is 0 Å². The van der Waals surface area contributed by atoms with E-state index >= 15 is 0 Å². The topological polar surface area (TPSA) is 15.3 Å². The van der Waals surface area contributed by atoms with E-state index in [0.717, 1.165) is 17.9 Å². The predicted molar refractivity (Wildman–Crippen MR) is 73.8 cm³/mol. The molecule has 1 N–H and O–H groups in total. The summed E-state index contributed by atoms with van der Waals surface area (Å²) in [7, 11) is 0. The smallest absolute Gasteiger partial charge is 0.0224 e. The molecule has 0 amide bonds. The maximum Gasteiger partial charge on any atom is 0.0224 e. The van der Waals surface area contributed by atoms with E-state index < -0.39 is 0 Å². The molecular formula is C16H22N2. The van der Waals surface area contributed by atoms with Crippen LogP contribution in [0.1, 0.15) is 29.9 Å². The lowest BCUT2D eigenvalue weighted by atomic mass is 9.77. The Kier molecular flexibility index (Phi) is 2.66. The maximum atomic E-state index is 3.85. The van der Waals surface area contributed by atoms with E-state index in [1.165, 1.54) is 45.4 Å². The summed E-state index contributed by atoms with van der Waals surface area (Å²) in [6.07, 6.45) is 4.11. The molecular weight excluding hydrogens is 220 g/mol. The zero-order valence-electron chi connectivity index (χ0n) is 10.9. The number of benzene rings is 1. The Labute approximate surface area is 109 Å². The summed E-state index contributed by atoms with van der Waals surface area (Å²) in [5.74, 6) is 1.72. The van der Waals surface area contributed by atoms with Crippen molar-refractivity contribution in [2.75, 3.05) is 26.2 Å². The van der Waals surface area contributed by atoms with Crippen molar-refractivity contribution < 1.29 is 0 Å². The van der Waals surface area contributed by atoms with E-state index in [-0.39, 0.29) is 0 Å². The van der Waals surface area contributed by atoms with Crippen molar-refractivity contribution in [1.29, 1.82) is 0 Å². The highest BCUT2D eigenvalue weighted by Gasteiger charge is 2.34. The monoisotopic (exact) mass is 242 g/mol. The molecule has 1 aromatic rings. The normalized spacial score (nSPS) is 37.1. The quantitative estimate of drug-likeness (QED) is 0.872. The van der Waals surface area contributed by atoms with Crippen LogP contribution in [0.15, 0.2) is 24.3 Å². The molecule has 18 heavy (non-hydrogen) atoms. The SMILES string of the molecule is c1ccc2c(c1)CC2CNC1CN2CCC1CC2. The largest absolute Gasteiger partial charge is 0.312 e. The Bertz CT molecular complexity index is 434. The summed E-state index contributed by atoms with van der Waals surface area (Å²) in [6.45, 7) is 5.16. The molecule has 96 valence electrons. The number of nitrogens with zero attached hydrogens (tertiary/aromatic N) is 1. The fourth-order valence-corrected chi connectivity index (χ4v) is 4.03. The average molecular weight is 242 g/mol. The molecule has 1 aliphatic carbocycles. The second-order valence-electron chi connectivity index (χ2n) is 6.25. The van der Waals surface area contributed by atoms with Gasteiger partial charge in [0.25, 0.3) is 0 Å². The summed E-state index contributed by atoms with van der Waals surface area (Å²) < 4.78 is 0. The van der Waals surface area contributed by atoms with Crippen molar-refractivity contribution in [1.82, 2.24) is 10.2 Å². The van der Waals surface area contributed by atoms with Crippen LogP contribution in [-0.2, 0) is 6.42 Å². The van der Waals surface area contributed by atoms with Gasteiger partial charge in [0.05, 0.1) is 0 Å². The lowest BCUT2D eigenvalue weighted by molar-refractivity contribution is 0.0718. The Morgan fingerprint density at radius 2 is 2.00 bits per heavy atom. The van der Waals surface area contributed by atoms with Gasteiger partial charge in [-0.2, -0.15) is 0 Å². The van der Waals surface area contributed by atoms with Gasteiger partial charge in [0.2, 0.25) is 0 Å². The van der Waals surface area contributed by atoms with Crippen molar-refractivity contribution in [2.24, 2.45) is 5.92 Å². The minimum atomic E-state index is 0.764. The van der Waals surface area contributed by atoms with E-state index in [2.05, 4.69) is 34.5 Å². The van der Waals surface area contributed by atoms with Gasteiger partial charge in [0.15, 0.2) is 0 Å². The predicted octanol–water partition coefficient (Wildman–Crippen LogP) is 2.01.